The Hall–Kier alpha value is -1.75. The van der Waals surface area contributed by atoms with Gasteiger partial charge in [-0.1, -0.05) is 46.9 Å². The zero-order chi connectivity index (χ0) is 15.0. The number of nitrogen functional groups attached to an aromatic ring is 1. The largest absolute Gasteiger partial charge is 0.368 e. The lowest BCUT2D eigenvalue weighted by molar-refractivity contribution is 1.23. The summed E-state index contributed by atoms with van der Waals surface area (Å²) >= 11 is 18.1. The average Bonchev–Trinajstić information content (AvgIpc) is 2.44. The Morgan fingerprint density at radius 3 is 2.43 bits per heavy atom. The van der Waals surface area contributed by atoms with Crippen molar-refractivity contribution in [1.82, 2.24) is 9.97 Å². The van der Waals surface area contributed by atoms with Crippen LogP contribution in [0.4, 0.5) is 17.5 Å². The van der Waals surface area contributed by atoms with E-state index in [-0.39, 0.29) is 5.95 Å². The van der Waals surface area contributed by atoms with Crippen LogP contribution >= 0.6 is 34.8 Å². The fraction of sp³-hybridized carbons (Fsp3) is 0. The van der Waals surface area contributed by atoms with Crippen molar-refractivity contribution < 1.29 is 0 Å². The molecule has 21 heavy (non-hydrogen) atoms. The van der Waals surface area contributed by atoms with Crippen molar-refractivity contribution in [2.75, 3.05) is 11.1 Å². The maximum Gasteiger partial charge on any atom is 0.222 e. The lowest BCUT2D eigenvalue weighted by Crippen LogP contribution is -2.01. The summed E-state index contributed by atoms with van der Waals surface area (Å²) in [6.07, 6.45) is 0. The van der Waals surface area contributed by atoms with Gasteiger partial charge in [-0.25, -0.2) is 4.98 Å². The van der Waals surface area contributed by atoms with Crippen molar-refractivity contribution >= 4 is 63.2 Å². The molecule has 3 rings (SSSR count). The Morgan fingerprint density at radius 2 is 1.62 bits per heavy atom. The Morgan fingerprint density at radius 1 is 0.905 bits per heavy atom. The minimum Gasteiger partial charge on any atom is -0.368 e. The van der Waals surface area contributed by atoms with E-state index in [0.29, 0.717) is 26.6 Å². The second kappa shape index (κ2) is 5.56. The monoisotopic (exact) mass is 338 g/mol. The quantitative estimate of drug-likeness (QED) is 0.651. The number of nitrogens with zero attached hydrogens (tertiary/aromatic N) is 2. The zero-order valence-corrected chi connectivity index (χ0v) is 12.8. The van der Waals surface area contributed by atoms with Gasteiger partial charge in [0.25, 0.3) is 0 Å². The predicted molar refractivity (Wildman–Crippen MR) is 88.7 cm³/mol. The maximum atomic E-state index is 6.16. The van der Waals surface area contributed by atoms with Crippen molar-refractivity contribution in [2.24, 2.45) is 0 Å². The molecule has 0 amide bonds. The average molecular weight is 340 g/mol. The van der Waals surface area contributed by atoms with Gasteiger partial charge in [-0.2, -0.15) is 4.98 Å². The van der Waals surface area contributed by atoms with Gasteiger partial charge in [0.05, 0.1) is 26.3 Å². The van der Waals surface area contributed by atoms with Crippen molar-refractivity contribution in [3.63, 3.8) is 0 Å². The minimum atomic E-state index is 0.174. The molecule has 0 saturated heterocycles. The standard InChI is InChI=1S/C14H9Cl3N4/c15-8-5-10(17)12(6-9(8)16)19-13-7-3-1-2-4-11(7)20-14(18)21-13/h1-6H,(H3,18,19,20,21). The van der Waals surface area contributed by atoms with Crippen LogP contribution in [-0.2, 0) is 0 Å². The first-order valence-electron chi connectivity index (χ1n) is 5.98. The molecular formula is C14H9Cl3N4. The van der Waals surface area contributed by atoms with E-state index >= 15 is 0 Å². The molecule has 1 aromatic heterocycles. The Kier molecular flexibility index (Phi) is 3.76. The molecule has 3 aromatic rings. The molecule has 0 aliphatic carbocycles. The van der Waals surface area contributed by atoms with E-state index in [1.807, 2.05) is 24.3 Å². The number of benzene rings is 2. The SMILES string of the molecule is Nc1nc(Nc2cc(Cl)c(Cl)cc2Cl)c2ccccc2n1. The number of hydrogen-bond donors (Lipinski definition) is 2. The molecule has 7 heteroatoms. The normalized spacial score (nSPS) is 10.8. The van der Waals surface area contributed by atoms with Crippen LogP contribution in [0.2, 0.25) is 15.1 Å². The molecule has 1 heterocycles. The molecule has 0 aliphatic heterocycles. The Labute approximate surface area is 135 Å². The number of halogens is 3. The van der Waals surface area contributed by atoms with Gasteiger partial charge < -0.3 is 11.1 Å². The predicted octanol–water partition coefficient (Wildman–Crippen LogP) is 4.92. The first-order valence-corrected chi connectivity index (χ1v) is 7.12. The van der Waals surface area contributed by atoms with Crippen molar-refractivity contribution in [1.29, 1.82) is 0 Å². The van der Waals surface area contributed by atoms with Gasteiger partial charge in [-0.05, 0) is 24.3 Å². The number of nitrogens with one attached hydrogen (secondary N) is 1. The van der Waals surface area contributed by atoms with Crippen LogP contribution in [0.25, 0.3) is 10.9 Å². The summed E-state index contributed by atoms with van der Waals surface area (Å²) in [7, 11) is 0. The number of anilines is 3. The van der Waals surface area contributed by atoms with Gasteiger partial charge in [0.1, 0.15) is 5.82 Å². The molecule has 3 N–H and O–H groups in total. The molecule has 0 atom stereocenters. The number of hydrogen-bond acceptors (Lipinski definition) is 4. The number of rotatable bonds is 2. The highest BCUT2D eigenvalue weighted by Gasteiger charge is 2.10. The van der Waals surface area contributed by atoms with Gasteiger partial charge in [0.2, 0.25) is 5.95 Å². The van der Waals surface area contributed by atoms with Gasteiger partial charge in [-0.15, -0.1) is 0 Å². The smallest absolute Gasteiger partial charge is 0.222 e. The van der Waals surface area contributed by atoms with Crippen LogP contribution < -0.4 is 11.1 Å². The van der Waals surface area contributed by atoms with Crippen LogP contribution in [0.1, 0.15) is 0 Å². The van der Waals surface area contributed by atoms with Crippen LogP contribution in [0, 0.1) is 0 Å². The highest BCUT2D eigenvalue weighted by Crippen LogP contribution is 2.34. The number of aromatic nitrogens is 2. The van der Waals surface area contributed by atoms with Crippen molar-refractivity contribution in [3.05, 3.63) is 51.5 Å². The lowest BCUT2D eigenvalue weighted by Gasteiger charge is -2.11. The third-order valence-corrected chi connectivity index (χ3v) is 3.92. The number of fused-ring (bicyclic) bond motifs is 1. The van der Waals surface area contributed by atoms with Crippen LogP contribution in [0.3, 0.4) is 0 Å². The van der Waals surface area contributed by atoms with Gasteiger partial charge in [0.15, 0.2) is 0 Å². The molecule has 4 nitrogen and oxygen atoms in total. The minimum absolute atomic E-state index is 0.174. The zero-order valence-electron chi connectivity index (χ0n) is 10.6. The second-order valence-corrected chi connectivity index (χ2v) is 5.54. The summed E-state index contributed by atoms with van der Waals surface area (Å²) in [5, 5.41) is 5.17. The van der Waals surface area contributed by atoms with E-state index in [9.17, 15) is 0 Å². The molecule has 0 unspecified atom stereocenters. The molecule has 0 spiro atoms. The molecule has 0 radical (unpaired) electrons. The van der Waals surface area contributed by atoms with Gasteiger partial charge >= 0.3 is 0 Å². The van der Waals surface area contributed by atoms with Crippen LogP contribution in [0.5, 0.6) is 0 Å². The third-order valence-electron chi connectivity index (χ3n) is 2.88. The number of para-hydroxylation sites is 1. The fourth-order valence-electron chi connectivity index (χ4n) is 1.94. The summed E-state index contributed by atoms with van der Waals surface area (Å²) in [5.74, 6) is 0.728. The molecular weight excluding hydrogens is 331 g/mol. The molecule has 0 saturated carbocycles. The van der Waals surface area contributed by atoms with Gasteiger partial charge in [0, 0.05) is 5.39 Å². The van der Waals surface area contributed by atoms with E-state index in [1.165, 1.54) is 0 Å². The van der Waals surface area contributed by atoms with E-state index in [1.54, 1.807) is 12.1 Å². The van der Waals surface area contributed by atoms with Crippen molar-refractivity contribution in [3.8, 4) is 0 Å². The number of nitrogens with two attached hydrogens (primary N) is 1. The van der Waals surface area contributed by atoms with Gasteiger partial charge in [-0.3, -0.25) is 0 Å². The first-order chi connectivity index (χ1) is 10.0. The maximum absolute atomic E-state index is 6.16. The van der Waals surface area contributed by atoms with Crippen LogP contribution in [0.15, 0.2) is 36.4 Å². The third kappa shape index (κ3) is 2.83. The highest BCUT2D eigenvalue weighted by molar-refractivity contribution is 6.44. The Balaban J connectivity index is 2.12. The van der Waals surface area contributed by atoms with E-state index in [2.05, 4.69) is 15.3 Å². The summed E-state index contributed by atoms with van der Waals surface area (Å²) < 4.78 is 0. The highest BCUT2D eigenvalue weighted by atomic mass is 35.5. The van der Waals surface area contributed by atoms with E-state index in [0.717, 1.165) is 10.9 Å². The molecule has 2 aromatic carbocycles. The summed E-state index contributed by atoms with van der Waals surface area (Å²) in [6.45, 7) is 0. The summed E-state index contributed by atoms with van der Waals surface area (Å²) in [5.41, 5.74) is 7.06. The van der Waals surface area contributed by atoms with E-state index < -0.39 is 0 Å². The van der Waals surface area contributed by atoms with Crippen molar-refractivity contribution in [2.45, 2.75) is 0 Å². The topological polar surface area (TPSA) is 63.8 Å². The molecule has 0 aliphatic rings. The first kappa shape index (κ1) is 14.2. The molecule has 106 valence electrons. The molecule has 0 fully saturated rings. The van der Waals surface area contributed by atoms with Crippen LogP contribution in [-0.4, -0.2) is 9.97 Å². The van der Waals surface area contributed by atoms with E-state index in [4.69, 9.17) is 40.5 Å². The molecule has 0 bridgehead atoms. The lowest BCUT2D eigenvalue weighted by atomic mass is 10.2. The second-order valence-electron chi connectivity index (χ2n) is 4.32. The Bertz CT molecular complexity index is 836. The summed E-state index contributed by atoms with van der Waals surface area (Å²) in [6, 6.07) is 10.7. The summed E-state index contributed by atoms with van der Waals surface area (Å²) in [4.78, 5) is 8.39. The fourth-order valence-corrected chi connectivity index (χ4v) is 2.53.